The minimum absolute atomic E-state index is 0. The SMILES string of the molecule is Cc1cc(NC(=O)[C@@H]2CCCCN2)ccc1Br.Cl. The van der Waals surface area contributed by atoms with Crippen molar-refractivity contribution in [3.05, 3.63) is 28.2 Å². The van der Waals surface area contributed by atoms with Crippen molar-refractivity contribution in [2.45, 2.75) is 32.2 Å². The summed E-state index contributed by atoms with van der Waals surface area (Å²) in [4.78, 5) is 12.0. The Bertz CT molecular complexity index is 419. The summed E-state index contributed by atoms with van der Waals surface area (Å²) in [5, 5.41) is 6.20. The normalized spacial score (nSPS) is 18.9. The zero-order valence-electron chi connectivity index (χ0n) is 10.3. The van der Waals surface area contributed by atoms with Crippen LogP contribution in [0.2, 0.25) is 0 Å². The Morgan fingerprint density at radius 3 is 2.83 bits per heavy atom. The predicted octanol–water partition coefficient (Wildman–Crippen LogP) is 3.26. The van der Waals surface area contributed by atoms with Gasteiger partial charge in [0.25, 0.3) is 0 Å². The maximum Gasteiger partial charge on any atom is 0.241 e. The Hall–Kier alpha value is -0.580. The molecule has 3 nitrogen and oxygen atoms in total. The number of halogens is 2. The van der Waals surface area contributed by atoms with Gasteiger partial charge in [0.1, 0.15) is 0 Å². The standard InChI is InChI=1S/C13H17BrN2O.ClH/c1-9-8-10(5-6-11(9)14)16-13(17)12-4-2-3-7-15-12;/h5-6,8,12,15H,2-4,7H2,1H3,(H,16,17);1H/t12-;/m0./s1. The number of aryl methyl sites for hydroxylation is 1. The zero-order chi connectivity index (χ0) is 12.3. The van der Waals surface area contributed by atoms with Gasteiger partial charge in [-0.25, -0.2) is 0 Å². The first-order chi connectivity index (χ1) is 8.16. The molecule has 1 atom stereocenters. The summed E-state index contributed by atoms with van der Waals surface area (Å²) >= 11 is 3.45. The van der Waals surface area contributed by atoms with Crippen LogP contribution in [-0.4, -0.2) is 18.5 Å². The van der Waals surface area contributed by atoms with Crippen molar-refractivity contribution in [2.75, 3.05) is 11.9 Å². The molecule has 1 aromatic carbocycles. The fourth-order valence-electron chi connectivity index (χ4n) is 2.03. The first-order valence-electron chi connectivity index (χ1n) is 5.97. The van der Waals surface area contributed by atoms with Crippen LogP contribution in [0.4, 0.5) is 5.69 Å². The summed E-state index contributed by atoms with van der Waals surface area (Å²) in [7, 11) is 0. The second-order valence-corrected chi connectivity index (χ2v) is 5.31. The van der Waals surface area contributed by atoms with Gasteiger partial charge in [-0.05, 0) is 50.1 Å². The number of hydrogen-bond acceptors (Lipinski definition) is 2. The van der Waals surface area contributed by atoms with Crippen LogP contribution in [0.15, 0.2) is 22.7 Å². The molecule has 0 bridgehead atoms. The lowest BCUT2D eigenvalue weighted by molar-refractivity contribution is -0.118. The molecule has 5 heteroatoms. The molecule has 0 radical (unpaired) electrons. The van der Waals surface area contributed by atoms with Crippen LogP contribution in [0.5, 0.6) is 0 Å². The summed E-state index contributed by atoms with van der Waals surface area (Å²) in [5.74, 6) is 0.0754. The summed E-state index contributed by atoms with van der Waals surface area (Å²) in [5.41, 5.74) is 1.99. The Balaban J connectivity index is 0.00000162. The van der Waals surface area contributed by atoms with E-state index in [0.717, 1.165) is 35.1 Å². The second kappa shape index (κ2) is 7.12. The minimum atomic E-state index is -0.0345. The van der Waals surface area contributed by atoms with Crippen LogP contribution < -0.4 is 10.6 Å². The third kappa shape index (κ3) is 3.97. The van der Waals surface area contributed by atoms with Crippen LogP contribution in [-0.2, 0) is 4.79 Å². The number of benzene rings is 1. The van der Waals surface area contributed by atoms with Gasteiger partial charge in [-0.1, -0.05) is 22.4 Å². The van der Waals surface area contributed by atoms with Gasteiger partial charge in [-0.2, -0.15) is 0 Å². The summed E-state index contributed by atoms with van der Waals surface area (Å²) in [6, 6.07) is 5.81. The van der Waals surface area contributed by atoms with Crippen molar-refractivity contribution in [3.63, 3.8) is 0 Å². The van der Waals surface area contributed by atoms with E-state index < -0.39 is 0 Å². The van der Waals surface area contributed by atoms with Gasteiger partial charge >= 0.3 is 0 Å². The molecule has 18 heavy (non-hydrogen) atoms. The number of carbonyl (C=O) groups excluding carboxylic acids is 1. The fourth-order valence-corrected chi connectivity index (χ4v) is 2.27. The maximum absolute atomic E-state index is 12.0. The number of amides is 1. The number of hydrogen-bond donors (Lipinski definition) is 2. The molecule has 1 aliphatic rings. The van der Waals surface area contributed by atoms with E-state index in [1.165, 1.54) is 6.42 Å². The van der Waals surface area contributed by atoms with Gasteiger partial charge in [-0.15, -0.1) is 12.4 Å². The number of piperidine rings is 1. The van der Waals surface area contributed by atoms with Gasteiger partial charge < -0.3 is 10.6 Å². The average Bonchev–Trinajstić information content (AvgIpc) is 2.35. The molecular weight excluding hydrogens is 316 g/mol. The molecule has 1 amide bonds. The average molecular weight is 334 g/mol. The molecule has 1 heterocycles. The van der Waals surface area contributed by atoms with Crippen molar-refractivity contribution in [2.24, 2.45) is 0 Å². The molecule has 1 aromatic rings. The van der Waals surface area contributed by atoms with Crippen molar-refractivity contribution in [3.8, 4) is 0 Å². The molecule has 1 fully saturated rings. The second-order valence-electron chi connectivity index (χ2n) is 4.46. The molecular formula is C13H18BrClN2O. The molecule has 0 aliphatic carbocycles. The molecule has 2 N–H and O–H groups in total. The Labute approximate surface area is 122 Å². The molecule has 0 saturated carbocycles. The van der Waals surface area contributed by atoms with Crippen LogP contribution >= 0.6 is 28.3 Å². The number of rotatable bonds is 2. The van der Waals surface area contributed by atoms with Crippen LogP contribution in [0.25, 0.3) is 0 Å². The summed E-state index contributed by atoms with van der Waals surface area (Å²) in [6.45, 7) is 2.95. The van der Waals surface area contributed by atoms with Crippen LogP contribution in [0.1, 0.15) is 24.8 Å². The number of nitrogens with one attached hydrogen (secondary N) is 2. The topological polar surface area (TPSA) is 41.1 Å². The summed E-state index contributed by atoms with van der Waals surface area (Å²) in [6.07, 6.45) is 3.23. The van der Waals surface area contributed by atoms with Crippen molar-refractivity contribution >= 4 is 39.9 Å². The van der Waals surface area contributed by atoms with Crippen molar-refractivity contribution in [1.29, 1.82) is 0 Å². The van der Waals surface area contributed by atoms with Crippen molar-refractivity contribution < 1.29 is 4.79 Å². The van der Waals surface area contributed by atoms with Gasteiger partial charge in [0.15, 0.2) is 0 Å². The highest BCUT2D eigenvalue weighted by molar-refractivity contribution is 9.10. The van der Waals surface area contributed by atoms with E-state index in [9.17, 15) is 4.79 Å². The highest BCUT2D eigenvalue weighted by Gasteiger charge is 2.20. The Morgan fingerprint density at radius 2 is 2.22 bits per heavy atom. The molecule has 0 unspecified atom stereocenters. The highest BCUT2D eigenvalue weighted by Crippen LogP contribution is 2.20. The van der Waals surface area contributed by atoms with Crippen molar-refractivity contribution in [1.82, 2.24) is 5.32 Å². The number of anilines is 1. The first kappa shape index (κ1) is 15.5. The van der Waals surface area contributed by atoms with E-state index in [1.54, 1.807) is 0 Å². The molecule has 0 aromatic heterocycles. The largest absolute Gasteiger partial charge is 0.325 e. The van der Waals surface area contributed by atoms with E-state index in [1.807, 2.05) is 25.1 Å². The molecule has 1 aliphatic heterocycles. The van der Waals surface area contributed by atoms with Gasteiger partial charge in [0.2, 0.25) is 5.91 Å². The van der Waals surface area contributed by atoms with Gasteiger partial charge in [-0.3, -0.25) is 4.79 Å². The van der Waals surface area contributed by atoms with Crippen LogP contribution in [0, 0.1) is 6.92 Å². The molecule has 100 valence electrons. The Kier molecular flexibility index (Phi) is 6.12. The predicted molar refractivity (Wildman–Crippen MR) is 80.4 cm³/mol. The minimum Gasteiger partial charge on any atom is -0.325 e. The van der Waals surface area contributed by atoms with Gasteiger partial charge in [0.05, 0.1) is 6.04 Å². The maximum atomic E-state index is 12.0. The van der Waals surface area contributed by atoms with E-state index in [-0.39, 0.29) is 24.4 Å². The lowest BCUT2D eigenvalue weighted by Crippen LogP contribution is -2.43. The quantitative estimate of drug-likeness (QED) is 0.872. The third-order valence-corrected chi connectivity index (χ3v) is 3.94. The smallest absolute Gasteiger partial charge is 0.241 e. The number of carbonyl (C=O) groups is 1. The summed E-state index contributed by atoms with van der Waals surface area (Å²) < 4.78 is 1.06. The Morgan fingerprint density at radius 1 is 1.44 bits per heavy atom. The first-order valence-corrected chi connectivity index (χ1v) is 6.76. The van der Waals surface area contributed by atoms with Gasteiger partial charge in [0, 0.05) is 10.2 Å². The van der Waals surface area contributed by atoms with Crippen LogP contribution in [0.3, 0.4) is 0 Å². The molecule has 2 rings (SSSR count). The third-order valence-electron chi connectivity index (χ3n) is 3.05. The molecule has 0 spiro atoms. The van der Waals surface area contributed by atoms with E-state index >= 15 is 0 Å². The zero-order valence-corrected chi connectivity index (χ0v) is 12.7. The van der Waals surface area contributed by atoms with E-state index in [4.69, 9.17) is 0 Å². The van der Waals surface area contributed by atoms with E-state index in [0.29, 0.717) is 0 Å². The lowest BCUT2D eigenvalue weighted by Gasteiger charge is -2.22. The molecule has 1 saturated heterocycles. The fraction of sp³-hybridized carbons (Fsp3) is 0.462. The highest BCUT2D eigenvalue weighted by atomic mass is 79.9. The van der Waals surface area contributed by atoms with E-state index in [2.05, 4.69) is 26.6 Å². The lowest BCUT2D eigenvalue weighted by atomic mass is 10.0. The monoisotopic (exact) mass is 332 g/mol.